The molecule has 0 radical (unpaired) electrons. The number of fused-ring (bicyclic) bond motifs is 6. The Bertz CT molecular complexity index is 1160. The Morgan fingerprint density at radius 2 is 1.74 bits per heavy atom. The summed E-state index contributed by atoms with van der Waals surface area (Å²) in [4.78, 5) is 3.23. The van der Waals surface area contributed by atoms with Crippen molar-refractivity contribution >= 4 is 20.7 Å². The Morgan fingerprint density at radius 3 is 2.48 bits per heavy atom. The van der Waals surface area contributed by atoms with Crippen molar-refractivity contribution in [2.75, 3.05) is 7.05 Å². The van der Waals surface area contributed by atoms with E-state index in [4.69, 9.17) is 0 Å². The van der Waals surface area contributed by atoms with Crippen molar-refractivity contribution in [1.82, 2.24) is 9.47 Å². The van der Waals surface area contributed by atoms with Crippen molar-refractivity contribution in [1.29, 1.82) is 0 Å². The zero-order valence-corrected chi connectivity index (χ0v) is 16.8. The Labute approximate surface area is 160 Å². The van der Waals surface area contributed by atoms with Crippen LogP contribution in [0.3, 0.4) is 0 Å². The topological polar surface area (TPSA) is 42.3 Å². The summed E-state index contributed by atoms with van der Waals surface area (Å²) >= 11 is 0. The summed E-state index contributed by atoms with van der Waals surface area (Å²) in [6.07, 6.45) is 3.42. The zero-order valence-electron chi connectivity index (χ0n) is 15.9. The van der Waals surface area contributed by atoms with Gasteiger partial charge in [-0.1, -0.05) is 18.2 Å². The molecule has 3 aromatic rings. The van der Waals surface area contributed by atoms with Crippen LogP contribution < -0.4 is 0 Å². The summed E-state index contributed by atoms with van der Waals surface area (Å²) in [7, 11) is 0.819. The van der Waals surface area contributed by atoms with Crippen LogP contribution in [-0.4, -0.2) is 31.0 Å². The number of nitrogens with zero attached hydrogens (tertiary/aromatic N) is 2. The summed E-state index contributed by atoms with van der Waals surface area (Å²) in [5.74, 6) is 0. The first-order valence-corrected chi connectivity index (χ1v) is 11.0. The lowest BCUT2D eigenvalue weighted by Crippen LogP contribution is -2.34. The first-order valence-electron chi connectivity index (χ1n) is 9.53. The Hall–Kier alpha value is -2.11. The standard InChI is InChI=1S/C22H24N2O2S/c1-14-11-17(27(25,26)16-7-5-4-6-8-16)13-18-21-19-10-9-15(23(19)2)12-20(21)24(3)22(14)18/h4-8,11,13,15,19H,9-10,12H2,1-3H3. The summed E-state index contributed by atoms with van der Waals surface area (Å²) in [6, 6.07) is 13.5. The number of hydrogen-bond donors (Lipinski definition) is 0. The average molecular weight is 381 g/mol. The molecule has 0 aliphatic carbocycles. The quantitative estimate of drug-likeness (QED) is 0.675. The second-order valence-electron chi connectivity index (χ2n) is 7.99. The van der Waals surface area contributed by atoms with E-state index in [2.05, 4.69) is 23.6 Å². The highest BCUT2D eigenvalue weighted by Gasteiger charge is 2.40. The van der Waals surface area contributed by atoms with Crippen LogP contribution in [0.25, 0.3) is 10.9 Å². The molecule has 3 heterocycles. The third-order valence-electron chi connectivity index (χ3n) is 6.58. The van der Waals surface area contributed by atoms with E-state index in [0.717, 1.165) is 23.8 Å². The van der Waals surface area contributed by atoms with Gasteiger partial charge in [0.05, 0.1) is 15.3 Å². The van der Waals surface area contributed by atoms with Gasteiger partial charge >= 0.3 is 0 Å². The third-order valence-corrected chi connectivity index (χ3v) is 8.33. The molecule has 1 aromatic heterocycles. The third kappa shape index (κ3) is 2.28. The lowest BCUT2D eigenvalue weighted by Gasteiger charge is -2.32. The Kier molecular flexibility index (Phi) is 3.59. The monoisotopic (exact) mass is 380 g/mol. The predicted octanol–water partition coefficient (Wildman–Crippen LogP) is 4.01. The molecule has 2 aliphatic rings. The van der Waals surface area contributed by atoms with E-state index in [1.807, 2.05) is 25.1 Å². The van der Waals surface area contributed by atoms with Gasteiger partial charge in [-0.3, -0.25) is 4.90 Å². The van der Waals surface area contributed by atoms with Crippen LogP contribution in [0.15, 0.2) is 52.3 Å². The molecule has 2 bridgehead atoms. The molecule has 0 N–H and O–H groups in total. The lowest BCUT2D eigenvalue weighted by atomic mass is 9.97. The van der Waals surface area contributed by atoms with Crippen molar-refractivity contribution in [3.63, 3.8) is 0 Å². The molecule has 5 rings (SSSR count). The van der Waals surface area contributed by atoms with Crippen LogP contribution in [0.4, 0.5) is 0 Å². The van der Waals surface area contributed by atoms with Crippen molar-refractivity contribution in [2.24, 2.45) is 7.05 Å². The van der Waals surface area contributed by atoms with Gasteiger partial charge in [0.25, 0.3) is 0 Å². The van der Waals surface area contributed by atoms with Gasteiger partial charge in [-0.15, -0.1) is 0 Å². The minimum Gasteiger partial charge on any atom is -0.347 e. The Balaban J connectivity index is 1.78. The smallest absolute Gasteiger partial charge is 0.206 e. The van der Waals surface area contributed by atoms with E-state index in [9.17, 15) is 8.42 Å². The molecule has 5 heteroatoms. The van der Waals surface area contributed by atoms with Crippen LogP contribution in [0.1, 0.15) is 35.7 Å². The van der Waals surface area contributed by atoms with Gasteiger partial charge in [0.2, 0.25) is 9.84 Å². The van der Waals surface area contributed by atoms with E-state index < -0.39 is 9.84 Å². The summed E-state index contributed by atoms with van der Waals surface area (Å²) in [6.45, 7) is 2.03. The molecule has 1 saturated heterocycles. The second kappa shape index (κ2) is 5.69. The fourth-order valence-electron chi connectivity index (χ4n) is 5.21. The van der Waals surface area contributed by atoms with Gasteiger partial charge in [-0.05, 0) is 62.2 Å². The molecular weight excluding hydrogens is 356 g/mol. The van der Waals surface area contributed by atoms with Crippen molar-refractivity contribution in [2.45, 2.75) is 48.1 Å². The number of sulfone groups is 1. The minimum absolute atomic E-state index is 0.353. The highest BCUT2D eigenvalue weighted by atomic mass is 32.2. The van der Waals surface area contributed by atoms with Crippen molar-refractivity contribution in [3.8, 4) is 0 Å². The Morgan fingerprint density at radius 1 is 1.00 bits per heavy atom. The zero-order chi connectivity index (χ0) is 18.9. The molecular formula is C22H24N2O2S. The second-order valence-corrected chi connectivity index (χ2v) is 9.94. The highest BCUT2D eigenvalue weighted by molar-refractivity contribution is 7.91. The van der Waals surface area contributed by atoms with Crippen LogP contribution in [0.5, 0.6) is 0 Å². The van der Waals surface area contributed by atoms with E-state index in [-0.39, 0.29) is 0 Å². The van der Waals surface area contributed by atoms with Crippen molar-refractivity contribution in [3.05, 3.63) is 59.3 Å². The first kappa shape index (κ1) is 17.0. The number of likely N-dealkylation sites (N-methyl/N-ethyl adjacent to an activating group) is 1. The molecule has 1 fully saturated rings. The van der Waals surface area contributed by atoms with Gasteiger partial charge < -0.3 is 4.57 Å². The number of rotatable bonds is 2. The van der Waals surface area contributed by atoms with Gasteiger partial charge in [-0.25, -0.2) is 8.42 Å². The maximum absolute atomic E-state index is 13.2. The molecule has 2 unspecified atom stereocenters. The molecule has 2 aromatic carbocycles. The van der Waals surface area contributed by atoms with Gasteiger partial charge in [0.15, 0.2) is 0 Å². The molecule has 4 nitrogen and oxygen atoms in total. The fraction of sp³-hybridized carbons (Fsp3) is 0.364. The molecule has 0 spiro atoms. The first-order chi connectivity index (χ1) is 12.9. The predicted molar refractivity (Wildman–Crippen MR) is 107 cm³/mol. The highest BCUT2D eigenvalue weighted by Crippen LogP contribution is 2.47. The maximum atomic E-state index is 13.2. The minimum atomic E-state index is -3.52. The SMILES string of the molecule is Cc1cc(S(=O)(=O)c2ccccc2)cc2c3c(n(C)c12)CC1CCC3N1C. The van der Waals surface area contributed by atoms with E-state index >= 15 is 0 Å². The van der Waals surface area contributed by atoms with Crippen LogP contribution in [0.2, 0.25) is 0 Å². The molecule has 2 aliphatic heterocycles. The number of hydrogen-bond acceptors (Lipinski definition) is 3. The van der Waals surface area contributed by atoms with Gasteiger partial charge in [0.1, 0.15) is 0 Å². The molecule has 2 atom stereocenters. The van der Waals surface area contributed by atoms with E-state index in [0.29, 0.717) is 21.9 Å². The summed E-state index contributed by atoms with van der Waals surface area (Å²) < 4.78 is 28.7. The van der Waals surface area contributed by atoms with E-state index in [1.54, 1.807) is 24.3 Å². The number of benzene rings is 2. The van der Waals surface area contributed by atoms with Crippen molar-refractivity contribution < 1.29 is 8.42 Å². The molecule has 0 saturated carbocycles. The molecule has 27 heavy (non-hydrogen) atoms. The van der Waals surface area contributed by atoms with E-state index in [1.165, 1.54) is 23.2 Å². The van der Waals surface area contributed by atoms with Gasteiger partial charge in [-0.2, -0.15) is 0 Å². The summed E-state index contributed by atoms with van der Waals surface area (Å²) in [5, 5.41) is 1.11. The number of aromatic nitrogens is 1. The van der Waals surface area contributed by atoms with Crippen LogP contribution >= 0.6 is 0 Å². The molecule has 140 valence electrons. The maximum Gasteiger partial charge on any atom is 0.206 e. The average Bonchev–Trinajstić information content (AvgIpc) is 3.06. The number of aryl methyl sites for hydroxylation is 2. The normalized spacial score (nSPS) is 22.3. The molecule has 0 amide bonds. The van der Waals surface area contributed by atoms with Gasteiger partial charge in [0, 0.05) is 36.6 Å². The largest absolute Gasteiger partial charge is 0.347 e. The van der Waals surface area contributed by atoms with Crippen LogP contribution in [0, 0.1) is 6.92 Å². The fourth-order valence-corrected chi connectivity index (χ4v) is 6.60. The van der Waals surface area contributed by atoms with Crippen LogP contribution in [-0.2, 0) is 23.3 Å². The summed E-state index contributed by atoms with van der Waals surface area (Å²) in [5.41, 5.74) is 4.93. The lowest BCUT2D eigenvalue weighted by molar-refractivity contribution is 0.222.